The maximum atomic E-state index is 4.72. The van der Waals surface area contributed by atoms with Crippen LogP contribution in [0.3, 0.4) is 0 Å². The minimum absolute atomic E-state index is 0.353. The second kappa shape index (κ2) is 6.23. The van der Waals surface area contributed by atoms with Crippen molar-refractivity contribution in [1.82, 2.24) is 15.1 Å². The number of hydrogen-bond acceptors (Lipinski definition) is 2. The molecule has 0 radical (unpaired) electrons. The van der Waals surface area contributed by atoms with Gasteiger partial charge in [0.15, 0.2) is 0 Å². The van der Waals surface area contributed by atoms with E-state index in [0.717, 1.165) is 18.8 Å². The molecule has 0 aliphatic rings. The largest absolute Gasteiger partial charge is 0.310 e. The van der Waals surface area contributed by atoms with E-state index in [9.17, 15) is 0 Å². The molecule has 1 unspecified atom stereocenters. The Morgan fingerprint density at radius 3 is 2.65 bits per heavy atom. The molecule has 1 aromatic heterocycles. The van der Waals surface area contributed by atoms with Crippen LogP contribution in [0.2, 0.25) is 0 Å². The molecule has 3 heteroatoms. The smallest absolute Gasteiger partial charge is 0.0662 e. The van der Waals surface area contributed by atoms with Gasteiger partial charge in [-0.3, -0.25) is 4.68 Å². The molecule has 20 heavy (non-hydrogen) atoms. The highest BCUT2D eigenvalue weighted by Crippen LogP contribution is 2.22. The van der Waals surface area contributed by atoms with Crippen molar-refractivity contribution in [3.05, 3.63) is 52.3 Å². The van der Waals surface area contributed by atoms with E-state index in [1.807, 2.05) is 0 Å². The molecule has 0 saturated heterocycles. The van der Waals surface area contributed by atoms with Gasteiger partial charge in [-0.1, -0.05) is 36.8 Å². The molecule has 0 fully saturated rings. The number of aromatic nitrogens is 2. The van der Waals surface area contributed by atoms with E-state index in [1.54, 1.807) is 0 Å². The molecule has 0 saturated carbocycles. The number of nitrogens with zero attached hydrogens (tertiary/aromatic N) is 2. The summed E-state index contributed by atoms with van der Waals surface area (Å²) in [5.74, 6) is 0. The molecule has 0 aliphatic heterocycles. The molecular formula is C17H25N3. The van der Waals surface area contributed by atoms with E-state index in [-0.39, 0.29) is 0 Å². The van der Waals surface area contributed by atoms with Crippen molar-refractivity contribution >= 4 is 0 Å². The van der Waals surface area contributed by atoms with Gasteiger partial charge in [-0.05, 0) is 39.8 Å². The topological polar surface area (TPSA) is 29.9 Å². The van der Waals surface area contributed by atoms with Crippen LogP contribution in [-0.4, -0.2) is 16.3 Å². The van der Waals surface area contributed by atoms with Gasteiger partial charge in [0.1, 0.15) is 0 Å². The van der Waals surface area contributed by atoms with Gasteiger partial charge in [0.05, 0.1) is 12.2 Å². The van der Waals surface area contributed by atoms with Crippen LogP contribution in [0.15, 0.2) is 24.3 Å². The van der Waals surface area contributed by atoms with Crippen molar-refractivity contribution in [1.29, 1.82) is 0 Å². The van der Waals surface area contributed by atoms with Gasteiger partial charge < -0.3 is 5.32 Å². The zero-order valence-electron chi connectivity index (χ0n) is 13.2. The van der Waals surface area contributed by atoms with Crippen LogP contribution in [0, 0.1) is 20.8 Å². The second-order valence-corrected chi connectivity index (χ2v) is 5.51. The van der Waals surface area contributed by atoms with E-state index in [2.05, 4.69) is 68.9 Å². The van der Waals surface area contributed by atoms with Crippen LogP contribution in [0.25, 0.3) is 0 Å². The maximum Gasteiger partial charge on any atom is 0.0662 e. The highest BCUT2D eigenvalue weighted by Gasteiger charge is 2.16. The van der Waals surface area contributed by atoms with Crippen LogP contribution in [0.5, 0.6) is 0 Å². The first-order valence-corrected chi connectivity index (χ1v) is 7.35. The van der Waals surface area contributed by atoms with Crippen molar-refractivity contribution in [2.75, 3.05) is 6.54 Å². The normalized spacial score (nSPS) is 12.7. The minimum Gasteiger partial charge on any atom is -0.310 e. The summed E-state index contributed by atoms with van der Waals surface area (Å²) in [4.78, 5) is 0. The summed E-state index contributed by atoms with van der Waals surface area (Å²) < 4.78 is 2.12. The lowest BCUT2D eigenvalue weighted by Gasteiger charge is -2.13. The maximum absolute atomic E-state index is 4.72. The van der Waals surface area contributed by atoms with Gasteiger partial charge >= 0.3 is 0 Å². The number of hydrogen-bond donors (Lipinski definition) is 1. The molecule has 1 N–H and O–H groups in total. The summed E-state index contributed by atoms with van der Waals surface area (Å²) in [6, 6.07) is 8.98. The molecule has 3 nitrogen and oxygen atoms in total. The third-order valence-electron chi connectivity index (χ3n) is 3.80. The second-order valence-electron chi connectivity index (χ2n) is 5.51. The van der Waals surface area contributed by atoms with Crippen LogP contribution in [0.1, 0.15) is 48.0 Å². The average Bonchev–Trinajstić information content (AvgIpc) is 2.65. The van der Waals surface area contributed by atoms with Crippen LogP contribution < -0.4 is 5.32 Å². The molecule has 0 spiro atoms. The molecule has 1 atom stereocenters. The van der Waals surface area contributed by atoms with E-state index in [1.165, 1.54) is 22.4 Å². The van der Waals surface area contributed by atoms with Crippen molar-refractivity contribution in [3.8, 4) is 0 Å². The third kappa shape index (κ3) is 3.10. The summed E-state index contributed by atoms with van der Waals surface area (Å²) in [5.41, 5.74) is 6.32. The number of benzene rings is 1. The Kier molecular flexibility index (Phi) is 4.61. The minimum atomic E-state index is 0.353. The Labute approximate surface area is 122 Å². The highest BCUT2D eigenvalue weighted by atomic mass is 15.3. The molecule has 0 aliphatic carbocycles. The lowest BCUT2D eigenvalue weighted by atomic mass is 10.1. The summed E-state index contributed by atoms with van der Waals surface area (Å²) in [6.45, 7) is 12.6. The van der Waals surface area contributed by atoms with Crippen molar-refractivity contribution in [2.45, 2.75) is 47.2 Å². The fourth-order valence-corrected chi connectivity index (χ4v) is 2.88. The Morgan fingerprint density at radius 2 is 2.00 bits per heavy atom. The highest BCUT2D eigenvalue weighted by molar-refractivity contribution is 5.29. The van der Waals surface area contributed by atoms with E-state index < -0.39 is 0 Å². The number of aryl methyl sites for hydroxylation is 2. The molecule has 2 rings (SSSR count). The van der Waals surface area contributed by atoms with Crippen LogP contribution >= 0.6 is 0 Å². The van der Waals surface area contributed by atoms with Gasteiger partial charge in [0.25, 0.3) is 0 Å². The molecular weight excluding hydrogens is 246 g/mol. The first-order valence-electron chi connectivity index (χ1n) is 7.35. The van der Waals surface area contributed by atoms with Crippen molar-refractivity contribution < 1.29 is 0 Å². The predicted molar refractivity (Wildman–Crippen MR) is 84.1 cm³/mol. The van der Waals surface area contributed by atoms with Gasteiger partial charge in [0, 0.05) is 17.3 Å². The summed E-state index contributed by atoms with van der Waals surface area (Å²) in [7, 11) is 0. The first kappa shape index (κ1) is 14.8. The Hall–Kier alpha value is -1.61. The Morgan fingerprint density at radius 1 is 1.25 bits per heavy atom. The zero-order valence-corrected chi connectivity index (χ0v) is 13.2. The molecule has 0 bridgehead atoms. The van der Waals surface area contributed by atoms with Crippen LogP contribution in [-0.2, 0) is 6.54 Å². The Bertz CT molecular complexity index is 584. The van der Waals surface area contributed by atoms with E-state index in [4.69, 9.17) is 5.10 Å². The van der Waals surface area contributed by atoms with Crippen LogP contribution in [0.4, 0.5) is 0 Å². The summed E-state index contributed by atoms with van der Waals surface area (Å²) >= 11 is 0. The van der Waals surface area contributed by atoms with E-state index in [0.29, 0.717) is 6.04 Å². The SMILES string of the molecule is CCNC(C)c1c(C)nn(Cc2cccc(C)c2)c1C. The lowest BCUT2D eigenvalue weighted by molar-refractivity contribution is 0.589. The quantitative estimate of drug-likeness (QED) is 0.901. The molecule has 1 heterocycles. The number of rotatable bonds is 5. The molecule has 108 valence electrons. The molecule has 1 aromatic carbocycles. The van der Waals surface area contributed by atoms with Crippen molar-refractivity contribution in [2.24, 2.45) is 0 Å². The predicted octanol–water partition coefficient (Wildman–Crippen LogP) is 3.53. The zero-order chi connectivity index (χ0) is 14.7. The third-order valence-corrected chi connectivity index (χ3v) is 3.80. The van der Waals surface area contributed by atoms with Gasteiger partial charge in [0.2, 0.25) is 0 Å². The number of nitrogens with one attached hydrogen (secondary N) is 1. The fourth-order valence-electron chi connectivity index (χ4n) is 2.88. The van der Waals surface area contributed by atoms with Crippen molar-refractivity contribution in [3.63, 3.8) is 0 Å². The summed E-state index contributed by atoms with van der Waals surface area (Å²) in [5, 5.41) is 8.19. The van der Waals surface area contributed by atoms with Gasteiger partial charge in [-0.15, -0.1) is 0 Å². The standard InChI is InChI=1S/C17H25N3/c1-6-18-13(3)17-14(4)19-20(15(17)5)11-16-9-7-8-12(2)10-16/h7-10,13,18H,6,11H2,1-5H3. The fraction of sp³-hybridized carbons (Fsp3) is 0.471. The lowest BCUT2D eigenvalue weighted by Crippen LogP contribution is -2.19. The van der Waals surface area contributed by atoms with Gasteiger partial charge in [-0.2, -0.15) is 5.10 Å². The van der Waals surface area contributed by atoms with E-state index >= 15 is 0 Å². The Balaban J connectivity index is 2.28. The first-order chi connectivity index (χ1) is 9.52. The monoisotopic (exact) mass is 271 g/mol. The average molecular weight is 271 g/mol. The summed E-state index contributed by atoms with van der Waals surface area (Å²) in [6.07, 6.45) is 0. The van der Waals surface area contributed by atoms with Gasteiger partial charge in [-0.25, -0.2) is 0 Å². The molecule has 0 amide bonds. The molecule has 2 aromatic rings.